The molecule has 0 spiro atoms. The van der Waals surface area contributed by atoms with Gasteiger partial charge in [-0.1, -0.05) is 6.07 Å². The number of ether oxygens (including phenoxy) is 1. The maximum atomic E-state index is 13.2. The molecule has 0 amide bonds. The van der Waals surface area contributed by atoms with Crippen LogP contribution in [0.2, 0.25) is 0 Å². The zero-order valence-electron chi connectivity index (χ0n) is 10.3. The van der Waals surface area contributed by atoms with Crippen LogP contribution in [0.3, 0.4) is 0 Å². The van der Waals surface area contributed by atoms with Gasteiger partial charge in [-0.2, -0.15) is 0 Å². The van der Waals surface area contributed by atoms with Crippen LogP contribution in [-0.4, -0.2) is 19.3 Å². The van der Waals surface area contributed by atoms with Gasteiger partial charge in [-0.25, -0.2) is 8.78 Å². The Labute approximate surface area is 101 Å². The maximum Gasteiger partial charge on any atom is 0.130 e. The van der Waals surface area contributed by atoms with Crippen molar-refractivity contribution in [3.63, 3.8) is 0 Å². The molecule has 2 nitrogen and oxygen atoms in total. The van der Waals surface area contributed by atoms with Crippen LogP contribution in [0.15, 0.2) is 18.2 Å². The molecular weight excluding hydrogens is 224 g/mol. The molecule has 1 aromatic rings. The van der Waals surface area contributed by atoms with E-state index in [0.29, 0.717) is 13.2 Å². The van der Waals surface area contributed by atoms with Gasteiger partial charge in [0, 0.05) is 18.7 Å². The first-order chi connectivity index (χ1) is 8.11. The molecule has 17 heavy (non-hydrogen) atoms. The maximum absolute atomic E-state index is 13.2. The van der Waals surface area contributed by atoms with Gasteiger partial charge in [0.1, 0.15) is 11.6 Å². The fraction of sp³-hybridized carbons (Fsp3) is 0.538. The van der Waals surface area contributed by atoms with Crippen molar-refractivity contribution in [2.45, 2.75) is 32.9 Å². The van der Waals surface area contributed by atoms with Gasteiger partial charge in [0.2, 0.25) is 0 Å². The van der Waals surface area contributed by atoms with E-state index in [2.05, 4.69) is 5.32 Å². The Balaban J connectivity index is 2.22. The normalized spacial score (nSPS) is 11.1. The van der Waals surface area contributed by atoms with E-state index in [9.17, 15) is 8.78 Å². The van der Waals surface area contributed by atoms with Gasteiger partial charge >= 0.3 is 0 Å². The summed E-state index contributed by atoms with van der Waals surface area (Å²) in [6.45, 7) is 5.50. The molecule has 0 bridgehead atoms. The summed E-state index contributed by atoms with van der Waals surface area (Å²) in [7, 11) is 0. The van der Waals surface area contributed by atoms with Gasteiger partial charge in [0.25, 0.3) is 0 Å². The van der Waals surface area contributed by atoms with Gasteiger partial charge in [-0.3, -0.25) is 0 Å². The van der Waals surface area contributed by atoms with Crippen LogP contribution in [0.25, 0.3) is 0 Å². The number of hydrogen-bond donors (Lipinski definition) is 1. The summed E-state index contributed by atoms with van der Waals surface area (Å²) < 4.78 is 31.8. The second kappa shape index (κ2) is 7.35. The van der Waals surface area contributed by atoms with Gasteiger partial charge in [-0.15, -0.1) is 0 Å². The van der Waals surface area contributed by atoms with Gasteiger partial charge in [-0.05, 0) is 38.9 Å². The van der Waals surface area contributed by atoms with E-state index in [-0.39, 0.29) is 18.2 Å². The highest BCUT2D eigenvalue weighted by atomic mass is 19.1. The molecular formula is C13H19F2NO. The molecule has 4 heteroatoms. The van der Waals surface area contributed by atoms with Crippen molar-refractivity contribution in [1.82, 2.24) is 5.32 Å². The highest BCUT2D eigenvalue weighted by Crippen LogP contribution is 2.11. The molecule has 0 atom stereocenters. The van der Waals surface area contributed by atoms with Crippen molar-refractivity contribution < 1.29 is 13.5 Å². The van der Waals surface area contributed by atoms with Crippen molar-refractivity contribution in [2.75, 3.05) is 13.2 Å². The van der Waals surface area contributed by atoms with Gasteiger partial charge in [0.15, 0.2) is 0 Å². The average Bonchev–Trinajstić information content (AvgIpc) is 2.26. The topological polar surface area (TPSA) is 21.3 Å². The first kappa shape index (κ1) is 14.1. The summed E-state index contributed by atoms with van der Waals surface area (Å²) in [5.74, 6) is -1.01. The average molecular weight is 243 g/mol. The lowest BCUT2D eigenvalue weighted by molar-refractivity contribution is 0.0770. The SMILES string of the molecule is CC(C)OCCCNCc1c(F)cccc1F. The molecule has 1 N–H and O–H groups in total. The van der Waals surface area contributed by atoms with Crippen LogP contribution in [0.4, 0.5) is 8.78 Å². The predicted octanol–water partition coefficient (Wildman–Crippen LogP) is 2.87. The molecule has 1 aromatic carbocycles. The summed E-state index contributed by atoms with van der Waals surface area (Å²) in [5, 5.41) is 3.00. The molecule has 1 rings (SSSR count). The Hall–Kier alpha value is -1.00. The van der Waals surface area contributed by atoms with E-state index >= 15 is 0 Å². The minimum Gasteiger partial charge on any atom is -0.379 e. The van der Waals surface area contributed by atoms with Crippen molar-refractivity contribution >= 4 is 0 Å². The highest BCUT2D eigenvalue weighted by molar-refractivity contribution is 5.19. The van der Waals surface area contributed by atoms with Crippen LogP contribution in [0.1, 0.15) is 25.8 Å². The number of halogens is 2. The van der Waals surface area contributed by atoms with Crippen LogP contribution in [0.5, 0.6) is 0 Å². The third-order valence-electron chi connectivity index (χ3n) is 2.31. The molecule has 0 aliphatic rings. The lowest BCUT2D eigenvalue weighted by Crippen LogP contribution is -2.18. The van der Waals surface area contributed by atoms with Crippen molar-refractivity contribution in [2.24, 2.45) is 0 Å². The minimum absolute atomic E-state index is 0.0947. The summed E-state index contributed by atoms with van der Waals surface area (Å²) in [5.41, 5.74) is 0.0947. The second-order valence-corrected chi connectivity index (χ2v) is 4.15. The molecule has 0 saturated heterocycles. The minimum atomic E-state index is -0.504. The number of hydrogen-bond acceptors (Lipinski definition) is 2. The van der Waals surface area contributed by atoms with Crippen molar-refractivity contribution in [1.29, 1.82) is 0 Å². The summed E-state index contributed by atoms with van der Waals surface area (Å²) in [6.07, 6.45) is 1.05. The van der Waals surface area contributed by atoms with Gasteiger partial charge in [0.05, 0.1) is 6.10 Å². The van der Waals surface area contributed by atoms with Crippen LogP contribution in [-0.2, 0) is 11.3 Å². The third-order valence-corrected chi connectivity index (χ3v) is 2.31. The Kier molecular flexibility index (Phi) is 6.08. The summed E-state index contributed by atoms with van der Waals surface area (Å²) in [4.78, 5) is 0. The van der Waals surface area contributed by atoms with Crippen molar-refractivity contribution in [3.05, 3.63) is 35.4 Å². The Bertz CT molecular complexity index is 322. The van der Waals surface area contributed by atoms with Gasteiger partial charge < -0.3 is 10.1 Å². The lowest BCUT2D eigenvalue weighted by Gasteiger charge is -2.09. The first-order valence-electron chi connectivity index (χ1n) is 5.86. The molecule has 0 aliphatic carbocycles. The smallest absolute Gasteiger partial charge is 0.130 e. The number of benzene rings is 1. The largest absolute Gasteiger partial charge is 0.379 e. The Morgan fingerprint density at radius 1 is 1.24 bits per heavy atom. The molecule has 96 valence electrons. The molecule has 0 aromatic heterocycles. The van der Waals surface area contributed by atoms with Crippen LogP contribution >= 0.6 is 0 Å². The van der Waals surface area contributed by atoms with E-state index in [1.54, 1.807) is 0 Å². The molecule has 0 fully saturated rings. The zero-order valence-corrected chi connectivity index (χ0v) is 10.3. The van der Waals surface area contributed by atoms with E-state index in [4.69, 9.17) is 4.74 Å². The molecule has 0 unspecified atom stereocenters. The Morgan fingerprint density at radius 2 is 1.88 bits per heavy atom. The fourth-order valence-electron chi connectivity index (χ4n) is 1.43. The predicted molar refractivity (Wildman–Crippen MR) is 63.8 cm³/mol. The standard InChI is InChI=1S/C13H19F2NO/c1-10(2)17-8-4-7-16-9-11-12(14)5-3-6-13(11)15/h3,5-6,10,16H,4,7-9H2,1-2H3. The highest BCUT2D eigenvalue weighted by Gasteiger charge is 2.06. The van der Waals surface area contributed by atoms with E-state index in [0.717, 1.165) is 6.42 Å². The monoisotopic (exact) mass is 243 g/mol. The molecule has 0 aliphatic heterocycles. The zero-order chi connectivity index (χ0) is 12.7. The van der Waals surface area contributed by atoms with Crippen LogP contribution < -0.4 is 5.32 Å². The van der Waals surface area contributed by atoms with E-state index < -0.39 is 11.6 Å². The lowest BCUT2D eigenvalue weighted by atomic mass is 10.2. The quantitative estimate of drug-likeness (QED) is 0.743. The van der Waals surface area contributed by atoms with Crippen LogP contribution in [0, 0.1) is 11.6 Å². The van der Waals surface area contributed by atoms with Crippen molar-refractivity contribution in [3.8, 4) is 0 Å². The van der Waals surface area contributed by atoms with E-state index in [1.165, 1.54) is 18.2 Å². The second-order valence-electron chi connectivity index (χ2n) is 4.15. The fourth-order valence-corrected chi connectivity index (χ4v) is 1.43. The molecule has 0 heterocycles. The first-order valence-corrected chi connectivity index (χ1v) is 5.86. The van der Waals surface area contributed by atoms with E-state index in [1.807, 2.05) is 13.8 Å². The molecule has 0 radical (unpaired) electrons. The molecule has 0 saturated carbocycles. The third kappa shape index (κ3) is 5.24. The Morgan fingerprint density at radius 3 is 2.47 bits per heavy atom. The summed E-state index contributed by atoms with van der Waals surface area (Å²) >= 11 is 0. The number of nitrogens with one attached hydrogen (secondary N) is 1. The number of rotatable bonds is 7. The summed E-state index contributed by atoms with van der Waals surface area (Å²) in [6, 6.07) is 3.90.